The third-order valence-corrected chi connectivity index (χ3v) is 3.54. The van der Waals surface area contributed by atoms with E-state index in [1.807, 2.05) is 0 Å². The van der Waals surface area contributed by atoms with E-state index in [9.17, 15) is 4.79 Å². The Balaban J connectivity index is 2.45. The van der Waals surface area contributed by atoms with E-state index < -0.39 is 0 Å². The van der Waals surface area contributed by atoms with Gasteiger partial charge in [-0.3, -0.25) is 9.69 Å². The lowest BCUT2D eigenvalue weighted by Crippen LogP contribution is -2.41. The summed E-state index contributed by atoms with van der Waals surface area (Å²) in [4.78, 5) is 18.7. The SMILES string of the molecule is C=CCN(CC=C)C(=O)CN1CCCN(CC)CC1. The second-order valence-electron chi connectivity index (χ2n) is 4.94. The van der Waals surface area contributed by atoms with E-state index in [0.29, 0.717) is 19.6 Å². The molecule has 0 spiro atoms. The van der Waals surface area contributed by atoms with Crippen molar-refractivity contribution >= 4 is 5.91 Å². The summed E-state index contributed by atoms with van der Waals surface area (Å²) in [5.41, 5.74) is 0. The Hall–Kier alpha value is -1.13. The van der Waals surface area contributed by atoms with E-state index in [4.69, 9.17) is 0 Å². The van der Waals surface area contributed by atoms with Crippen molar-refractivity contribution in [2.24, 2.45) is 0 Å². The van der Waals surface area contributed by atoms with Gasteiger partial charge in [0.25, 0.3) is 0 Å². The first kappa shape index (κ1) is 15.9. The largest absolute Gasteiger partial charge is 0.334 e. The van der Waals surface area contributed by atoms with Gasteiger partial charge in [-0.2, -0.15) is 0 Å². The smallest absolute Gasteiger partial charge is 0.237 e. The van der Waals surface area contributed by atoms with E-state index >= 15 is 0 Å². The summed E-state index contributed by atoms with van der Waals surface area (Å²) >= 11 is 0. The van der Waals surface area contributed by atoms with Gasteiger partial charge in [0.2, 0.25) is 5.91 Å². The number of likely N-dealkylation sites (N-methyl/N-ethyl adjacent to an activating group) is 1. The molecule has 0 aromatic heterocycles. The molecule has 0 unspecified atom stereocenters. The van der Waals surface area contributed by atoms with E-state index in [-0.39, 0.29) is 5.91 Å². The summed E-state index contributed by atoms with van der Waals surface area (Å²) in [5.74, 6) is 0.171. The molecule has 0 aliphatic carbocycles. The first-order chi connectivity index (χ1) is 9.21. The zero-order valence-electron chi connectivity index (χ0n) is 12.2. The second kappa shape index (κ2) is 8.88. The number of carbonyl (C=O) groups excluding carboxylic acids is 1. The molecule has 4 nitrogen and oxygen atoms in total. The average Bonchev–Trinajstić information content (AvgIpc) is 2.63. The minimum absolute atomic E-state index is 0.171. The second-order valence-corrected chi connectivity index (χ2v) is 4.94. The lowest BCUT2D eigenvalue weighted by atomic mass is 10.3. The molecule has 0 N–H and O–H groups in total. The number of amides is 1. The van der Waals surface area contributed by atoms with Crippen LogP contribution >= 0.6 is 0 Å². The molecule has 1 aliphatic heterocycles. The summed E-state index contributed by atoms with van der Waals surface area (Å²) < 4.78 is 0. The van der Waals surface area contributed by atoms with Crippen LogP contribution in [-0.4, -0.2) is 73.0 Å². The minimum Gasteiger partial charge on any atom is -0.334 e. The molecule has 0 aromatic carbocycles. The number of hydrogen-bond donors (Lipinski definition) is 0. The number of carbonyl (C=O) groups is 1. The molecular formula is C15H27N3O. The third kappa shape index (κ3) is 5.57. The van der Waals surface area contributed by atoms with Crippen LogP contribution in [0.3, 0.4) is 0 Å². The fourth-order valence-electron chi connectivity index (χ4n) is 2.38. The van der Waals surface area contributed by atoms with Gasteiger partial charge in [-0.15, -0.1) is 13.2 Å². The molecule has 0 atom stereocenters. The van der Waals surface area contributed by atoms with Crippen molar-refractivity contribution in [2.75, 3.05) is 52.4 Å². The van der Waals surface area contributed by atoms with Crippen LogP contribution < -0.4 is 0 Å². The highest BCUT2D eigenvalue weighted by molar-refractivity contribution is 5.78. The van der Waals surface area contributed by atoms with Crippen LogP contribution in [0.25, 0.3) is 0 Å². The quantitative estimate of drug-likeness (QED) is 0.648. The monoisotopic (exact) mass is 265 g/mol. The van der Waals surface area contributed by atoms with Crippen LogP contribution in [0.5, 0.6) is 0 Å². The Kier molecular flexibility index (Phi) is 7.45. The molecule has 0 radical (unpaired) electrons. The van der Waals surface area contributed by atoms with Gasteiger partial charge in [0.15, 0.2) is 0 Å². The van der Waals surface area contributed by atoms with Gasteiger partial charge in [-0.1, -0.05) is 19.1 Å². The highest BCUT2D eigenvalue weighted by Crippen LogP contribution is 2.04. The Morgan fingerprint density at radius 3 is 2.26 bits per heavy atom. The van der Waals surface area contributed by atoms with Crippen LogP contribution in [0.2, 0.25) is 0 Å². The van der Waals surface area contributed by atoms with Crippen molar-refractivity contribution < 1.29 is 4.79 Å². The van der Waals surface area contributed by atoms with Gasteiger partial charge in [0.05, 0.1) is 6.54 Å². The van der Waals surface area contributed by atoms with Crippen molar-refractivity contribution in [3.8, 4) is 0 Å². The number of nitrogens with zero attached hydrogens (tertiary/aromatic N) is 3. The zero-order valence-corrected chi connectivity index (χ0v) is 12.2. The Morgan fingerprint density at radius 2 is 1.68 bits per heavy atom. The summed E-state index contributed by atoms with van der Waals surface area (Å²) in [5, 5.41) is 0. The maximum atomic E-state index is 12.2. The van der Waals surface area contributed by atoms with E-state index in [1.165, 1.54) is 0 Å². The van der Waals surface area contributed by atoms with Crippen LogP contribution in [-0.2, 0) is 4.79 Å². The van der Waals surface area contributed by atoms with Crippen LogP contribution in [0, 0.1) is 0 Å². The van der Waals surface area contributed by atoms with Crippen LogP contribution in [0.15, 0.2) is 25.3 Å². The standard InChI is InChI=1S/C15H27N3O/c1-4-8-18(9-5-2)15(19)14-17-11-7-10-16(6-3)12-13-17/h4-5H,1-2,6-14H2,3H3. The normalized spacial score (nSPS) is 17.7. The molecule has 0 aromatic rings. The van der Waals surface area contributed by atoms with Crippen molar-refractivity contribution in [1.29, 1.82) is 0 Å². The first-order valence-electron chi connectivity index (χ1n) is 7.15. The minimum atomic E-state index is 0.171. The van der Waals surface area contributed by atoms with Gasteiger partial charge in [-0.25, -0.2) is 0 Å². The maximum absolute atomic E-state index is 12.2. The highest BCUT2D eigenvalue weighted by Gasteiger charge is 2.18. The van der Waals surface area contributed by atoms with Gasteiger partial charge >= 0.3 is 0 Å². The molecule has 4 heteroatoms. The molecule has 1 rings (SSSR count). The van der Waals surface area contributed by atoms with Crippen molar-refractivity contribution in [3.63, 3.8) is 0 Å². The molecule has 19 heavy (non-hydrogen) atoms. The molecule has 1 amide bonds. The molecule has 1 heterocycles. The predicted molar refractivity (Wildman–Crippen MR) is 80.1 cm³/mol. The van der Waals surface area contributed by atoms with Crippen molar-refractivity contribution in [3.05, 3.63) is 25.3 Å². The summed E-state index contributed by atoms with van der Waals surface area (Å²) in [6.45, 7) is 16.6. The Morgan fingerprint density at radius 1 is 1.11 bits per heavy atom. The van der Waals surface area contributed by atoms with Gasteiger partial charge in [0, 0.05) is 26.2 Å². The maximum Gasteiger partial charge on any atom is 0.237 e. The van der Waals surface area contributed by atoms with Gasteiger partial charge in [-0.05, 0) is 26.1 Å². The average molecular weight is 265 g/mol. The third-order valence-electron chi connectivity index (χ3n) is 3.54. The topological polar surface area (TPSA) is 26.8 Å². The number of hydrogen-bond acceptors (Lipinski definition) is 3. The zero-order chi connectivity index (χ0) is 14.1. The van der Waals surface area contributed by atoms with E-state index in [1.54, 1.807) is 17.1 Å². The fourth-order valence-corrected chi connectivity index (χ4v) is 2.38. The van der Waals surface area contributed by atoms with Crippen LogP contribution in [0.1, 0.15) is 13.3 Å². The van der Waals surface area contributed by atoms with Gasteiger partial charge < -0.3 is 9.80 Å². The van der Waals surface area contributed by atoms with Crippen molar-refractivity contribution in [2.45, 2.75) is 13.3 Å². The fraction of sp³-hybridized carbons (Fsp3) is 0.667. The van der Waals surface area contributed by atoms with Crippen LogP contribution in [0.4, 0.5) is 0 Å². The Labute approximate surface area is 117 Å². The Bertz CT molecular complexity index is 294. The number of rotatable bonds is 7. The molecule has 0 saturated carbocycles. The summed E-state index contributed by atoms with van der Waals surface area (Å²) in [6.07, 6.45) is 4.68. The van der Waals surface area contributed by atoms with E-state index in [0.717, 1.165) is 39.1 Å². The lowest BCUT2D eigenvalue weighted by molar-refractivity contribution is -0.131. The predicted octanol–water partition coefficient (Wildman–Crippen LogP) is 1.21. The van der Waals surface area contributed by atoms with Crippen molar-refractivity contribution in [1.82, 2.24) is 14.7 Å². The van der Waals surface area contributed by atoms with Gasteiger partial charge in [0.1, 0.15) is 0 Å². The summed E-state index contributed by atoms with van der Waals surface area (Å²) in [7, 11) is 0. The first-order valence-corrected chi connectivity index (χ1v) is 7.15. The molecule has 1 fully saturated rings. The summed E-state index contributed by atoms with van der Waals surface area (Å²) in [6, 6.07) is 0. The van der Waals surface area contributed by atoms with E-state index in [2.05, 4.69) is 29.9 Å². The molecule has 1 aliphatic rings. The molecule has 1 saturated heterocycles. The molecule has 0 bridgehead atoms. The molecule has 108 valence electrons. The lowest BCUT2D eigenvalue weighted by Gasteiger charge is -2.25. The molecular weight excluding hydrogens is 238 g/mol. The highest BCUT2D eigenvalue weighted by atomic mass is 16.2.